The van der Waals surface area contributed by atoms with Crippen molar-refractivity contribution in [1.29, 1.82) is 0 Å². The minimum atomic E-state index is -0.758. The highest BCUT2D eigenvalue weighted by Crippen LogP contribution is 2.31. The fourth-order valence-electron chi connectivity index (χ4n) is 2.20. The molecule has 0 bridgehead atoms. The fourth-order valence-corrected chi connectivity index (χ4v) is 3.01. The fraction of sp³-hybridized carbons (Fsp3) is 0.667. The number of hydrogen-bond donors (Lipinski definition) is 1. The minimum Gasteiger partial charge on any atom is -0.464 e. The molecule has 0 radical (unpaired) electrons. The zero-order valence-corrected chi connectivity index (χ0v) is 11.6. The Morgan fingerprint density at radius 1 is 1.61 bits per heavy atom. The van der Waals surface area contributed by atoms with Gasteiger partial charge in [-0.3, -0.25) is 4.90 Å². The molecule has 1 aromatic rings. The second kappa shape index (κ2) is 5.77. The maximum Gasteiger partial charge on any atom is 0.333 e. The summed E-state index contributed by atoms with van der Waals surface area (Å²) in [6, 6.07) is 0. The van der Waals surface area contributed by atoms with Crippen molar-refractivity contribution in [2.24, 2.45) is 0 Å². The molecule has 0 spiro atoms. The van der Waals surface area contributed by atoms with Crippen LogP contribution in [0.25, 0.3) is 0 Å². The van der Waals surface area contributed by atoms with E-state index in [0.717, 1.165) is 31.2 Å². The number of carbonyl (C=O) groups is 1. The Balaban J connectivity index is 2.29. The van der Waals surface area contributed by atoms with Crippen molar-refractivity contribution in [3.8, 4) is 0 Å². The number of nitrogens with zero attached hydrogens (tertiary/aromatic N) is 2. The van der Waals surface area contributed by atoms with E-state index in [-0.39, 0.29) is 5.97 Å². The summed E-state index contributed by atoms with van der Waals surface area (Å²) in [5, 5.41) is 6.00. The van der Waals surface area contributed by atoms with Gasteiger partial charge in [-0.2, -0.15) is 0 Å². The molecule has 18 heavy (non-hydrogen) atoms. The summed E-state index contributed by atoms with van der Waals surface area (Å²) in [5.41, 5.74) is -0.758. The molecule has 0 saturated carbocycles. The molecule has 100 valence electrons. The second-order valence-corrected chi connectivity index (χ2v) is 5.26. The van der Waals surface area contributed by atoms with Crippen LogP contribution < -0.4 is 5.32 Å². The molecule has 2 rings (SSSR count). The maximum atomic E-state index is 12.3. The minimum absolute atomic E-state index is 0.207. The van der Waals surface area contributed by atoms with E-state index < -0.39 is 5.54 Å². The number of hydrogen-bond acceptors (Lipinski definition) is 6. The van der Waals surface area contributed by atoms with Gasteiger partial charge in [-0.15, -0.1) is 11.3 Å². The molecule has 1 aliphatic rings. The lowest BCUT2D eigenvalue weighted by Crippen LogP contribution is -2.57. The molecule has 0 aliphatic carbocycles. The molecule has 5 nitrogen and oxygen atoms in total. The van der Waals surface area contributed by atoms with Crippen molar-refractivity contribution in [1.82, 2.24) is 15.2 Å². The molecule has 1 saturated heterocycles. The van der Waals surface area contributed by atoms with Gasteiger partial charge in [0.2, 0.25) is 0 Å². The molecular weight excluding hydrogens is 250 g/mol. The molecule has 1 fully saturated rings. The second-order valence-electron chi connectivity index (χ2n) is 4.37. The van der Waals surface area contributed by atoms with E-state index in [1.54, 1.807) is 6.20 Å². The summed E-state index contributed by atoms with van der Waals surface area (Å²) in [6.07, 6.45) is 1.74. The summed E-state index contributed by atoms with van der Waals surface area (Å²) >= 11 is 1.50. The van der Waals surface area contributed by atoms with Crippen molar-refractivity contribution in [3.63, 3.8) is 0 Å². The van der Waals surface area contributed by atoms with E-state index in [1.807, 2.05) is 19.2 Å². The van der Waals surface area contributed by atoms with Gasteiger partial charge in [0.15, 0.2) is 5.54 Å². The summed E-state index contributed by atoms with van der Waals surface area (Å²) in [6.45, 7) is 7.57. The average molecular weight is 269 g/mol. The van der Waals surface area contributed by atoms with Gasteiger partial charge in [-0.25, -0.2) is 9.78 Å². The summed E-state index contributed by atoms with van der Waals surface area (Å²) in [4.78, 5) is 18.8. The number of thiazole rings is 1. The first-order valence-corrected chi connectivity index (χ1v) is 7.10. The van der Waals surface area contributed by atoms with E-state index in [1.165, 1.54) is 11.3 Å². The van der Waals surface area contributed by atoms with Crippen LogP contribution >= 0.6 is 11.3 Å². The number of nitrogens with one attached hydrogen (secondary N) is 1. The highest BCUT2D eigenvalue weighted by Gasteiger charge is 2.45. The van der Waals surface area contributed by atoms with Gasteiger partial charge < -0.3 is 10.1 Å². The van der Waals surface area contributed by atoms with E-state index in [9.17, 15) is 4.79 Å². The number of esters is 1. The third kappa shape index (κ3) is 2.41. The van der Waals surface area contributed by atoms with Crippen LogP contribution in [-0.2, 0) is 15.1 Å². The first-order chi connectivity index (χ1) is 8.69. The molecule has 0 amide bonds. The molecule has 1 unspecified atom stereocenters. The van der Waals surface area contributed by atoms with Crippen molar-refractivity contribution in [2.45, 2.75) is 19.4 Å². The van der Waals surface area contributed by atoms with Crippen LogP contribution in [0.15, 0.2) is 11.6 Å². The standard InChI is InChI=1S/C12H19N3O2S/c1-3-17-11(16)12(2,10-14-6-9-18-10)15-7-4-13-5-8-15/h6,9,13H,3-5,7-8H2,1-2H3. The molecule has 1 aliphatic heterocycles. The molecule has 6 heteroatoms. The normalized spacial score (nSPS) is 20.3. The molecule has 0 aromatic carbocycles. The SMILES string of the molecule is CCOC(=O)C(C)(c1nccs1)N1CCNCC1. The first kappa shape index (κ1) is 13.5. The number of aromatic nitrogens is 1. The molecule has 1 atom stereocenters. The lowest BCUT2D eigenvalue weighted by atomic mass is 10.00. The number of rotatable bonds is 4. The first-order valence-electron chi connectivity index (χ1n) is 6.22. The van der Waals surface area contributed by atoms with Gasteiger partial charge in [0.25, 0.3) is 0 Å². The maximum absolute atomic E-state index is 12.3. The van der Waals surface area contributed by atoms with Gasteiger partial charge in [-0.1, -0.05) is 0 Å². The number of carbonyl (C=O) groups excluding carboxylic acids is 1. The van der Waals surface area contributed by atoms with E-state index >= 15 is 0 Å². The monoisotopic (exact) mass is 269 g/mol. The average Bonchev–Trinajstić information content (AvgIpc) is 2.93. The molecule has 2 heterocycles. The van der Waals surface area contributed by atoms with Crippen LogP contribution in [0.2, 0.25) is 0 Å². The third-order valence-electron chi connectivity index (χ3n) is 3.27. The number of ether oxygens (including phenoxy) is 1. The van der Waals surface area contributed by atoms with Crippen LogP contribution in [0.4, 0.5) is 0 Å². The summed E-state index contributed by atoms with van der Waals surface area (Å²) < 4.78 is 5.25. The molecule has 1 aromatic heterocycles. The smallest absolute Gasteiger partial charge is 0.333 e. The lowest BCUT2D eigenvalue weighted by Gasteiger charge is -2.40. The van der Waals surface area contributed by atoms with Gasteiger partial charge in [0.1, 0.15) is 5.01 Å². The Labute approximate surface area is 111 Å². The molecule has 1 N–H and O–H groups in total. The quantitative estimate of drug-likeness (QED) is 0.820. The van der Waals surface area contributed by atoms with Crippen molar-refractivity contribution >= 4 is 17.3 Å². The Hall–Kier alpha value is -0.980. The lowest BCUT2D eigenvalue weighted by molar-refractivity contribution is -0.158. The van der Waals surface area contributed by atoms with Crippen LogP contribution in [-0.4, -0.2) is 48.6 Å². The Morgan fingerprint density at radius 3 is 2.89 bits per heavy atom. The Morgan fingerprint density at radius 2 is 2.33 bits per heavy atom. The summed E-state index contributed by atoms with van der Waals surface area (Å²) in [7, 11) is 0. The highest BCUT2D eigenvalue weighted by atomic mass is 32.1. The summed E-state index contributed by atoms with van der Waals surface area (Å²) in [5.74, 6) is -0.207. The van der Waals surface area contributed by atoms with Crippen LogP contribution in [0.5, 0.6) is 0 Å². The largest absolute Gasteiger partial charge is 0.464 e. The number of piperazine rings is 1. The van der Waals surface area contributed by atoms with Crippen molar-refractivity contribution in [3.05, 3.63) is 16.6 Å². The van der Waals surface area contributed by atoms with E-state index in [2.05, 4.69) is 15.2 Å². The Bertz CT molecular complexity index is 390. The van der Waals surface area contributed by atoms with Crippen LogP contribution in [0.1, 0.15) is 18.9 Å². The molecular formula is C12H19N3O2S. The predicted octanol–water partition coefficient (Wildman–Crippen LogP) is 0.827. The van der Waals surface area contributed by atoms with Crippen molar-refractivity contribution < 1.29 is 9.53 Å². The van der Waals surface area contributed by atoms with Gasteiger partial charge in [-0.05, 0) is 13.8 Å². The van der Waals surface area contributed by atoms with Gasteiger partial charge in [0.05, 0.1) is 6.61 Å². The third-order valence-corrected chi connectivity index (χ3v) is 4.26. The zero-order valence-electron chi connectivity index (χ0n) is 10.8. The zero-order chi connectivity index (χ0) is 13.0. The van der Waals surface area contributed by atoms with Crippen LogP contribution in [0.3, 0.4) is 0 Å². The van der Waals surface area contributed by atoms with Crippen LogP contribution in [0, 0.1) is 0 Å². The predicted molar refractivity (Wildman–Crippen MR) is 70.5 cm³/mol. The van der Waals surface area contributed by atoms with E-state index in [0.29, 0.717) is 6.61 Å². The highest BCUT2D eigenvalue weighted by molar-refractivity contribution is 7.09. The topological polar surface area (TPSA) is 54.5 Å². The van der Waals surface area contributed by atoms with Crippen molar-refractivity contribution in [2.75, 3.05) is 32.8 Å². The Kier molecular flexibility index (Phi) is 4.31. The van der Waals surface area contributed by atoms with Gasteiger partial charge in [0, 0.05) is 37.8 Å². The van der Waals surface area contributed by atoms with Gasteiger partial charge >= 0.3 is 5.97 Å². The van der Waals surface area contributed by atoms with E-state index in [4.69, 9.17) is 4.74 Å².